The molecule has 152 valence electrons. The van der Waals surface area contributed by atoms with Gasteiger partial charge in [0, 0.05) is 17.7 Å². The number of benzene rings is 2. The first-order valence-corrected chi connectivity index (χ1v) is 11.6. The van der Waals surface area contributed by atoms with Crippen LogP contribution in [0.2, 0.25) is 0 Å². The zero-order valence-electron chi connectivity index (χ0n) is 16.0. The van der Waals surface area contributed by atoms with E-state index in [1.165, 1.54) is 35.6 Å². The number of para-hydroxylation sites is 1. The third-order valence-electron chi connectivity index (χ3n) is 4.13. The van der Waals surface area contributed by atoms with E-state index in [-0.39, 0.29) is 10.8 Å². The van der Waals surface area contributed by atoms with Crippen molar-refractivity contribution in [2.45, 2.75) is 37.5 Å². The summed E-state index contributed by atoms with van der Waals surface area (Å²) in [5.41, 5.74) is 0.812. The van der Waals surface area contributed by atoms with Crippen LogP contribution in [0.25, 0.3) is 0 Å². The van der Waals surface area contributed by atoms with Crippen LogP contribution >= 0.6 is 11.3 Å². The standard InChI is InChI=1S/C20H22N4O3S2/c1-2-3-5-10-18-22-23-20(28-18)21-19(25)15-11-13-17(14-12-15)29(26,27)24-16-8-6-4-7-9-16/h4,6-9,11-14,24H,2-3,5,10H2,1H3,(H,21,23,25). The van der Waals surface area contributed by atoms with Gasteiger partial charge in [-0.1, -0.05) is 49.3 Å². The average Bonchev–Trinajstić information content (AvgIpc) is 3.16. The Balaban J connectivity index is 1.63. The number of anilines is 2. The Bertz CT molecular complexity index is 1050. The summed E-state index contributed by atoms with van der Waals surface area (Å²) in [6.07, 6.45) is 4.17. The van der Waals surface area contributed by atoms with Gasteiger partial charge in [-0.05, 0) is 42.8 Å². The number of rotatable bonds is 9. The van der Waals surface area contributed by atoms with Crippen LogP contribution in [0.5, 0.6) is 0 Å². The van der Waals surface area contributed by atoms with E-state index in [0.717, 1.165) is 30.7 Å². The van der Waals surface area contributed by atoms with E-state index in [1.54, 1.807) is 30.3 Å². The lowest BCUT2D eigenvalue weighted by Gasteiger charge is -2.08. The molecule has 0 unspecified atom stereocenters. The van der Waals surface area contributed by atoms with Crippen LogP contribution in [0, 0.1) is 0 Å². The van der Waals surface area contributed by atoms with Gasteiger partial charge in [-0.25, -0.2) is 8.42 Å². The number of carbonyl (C=O) groups excluding carboxylic acids is 1. The number of nitrogens with one attached hydrogen (secondary N) is 2. The fraction of sp³-hybridized carbons (Fsp3) is 0.250. The lowest BCUT2D eigenvalue weighted by molar-refractivity contribution is 0.102. The quantitative estimate of drug-likeness (QED) is 0.492. The number of carbonyl (C=O) groups is 1. The molecular weight excluding hydrogens is 408 g/mol. The zero-order valence-corrected chi connectivity index (χ0v) is 17.6. The second-order valence-corrected chi connectivity index (χ2v) is 9.15. The molecule has 7 nitrogen and oxygen atoms in total. The summed E-state index contributed by atoms with van der Waals surface area (Å²) in [4.78, 5) is 12.5. The van der Waals surface area contributed by atoms with Crippen molar-refractivity contribution in [2.24, 2.45) is 0 Å². The molecule has 3 aromatic rings. The Labute approximate surface area is 174 Å². The number of aromatic nitrogens is 2. The highest BCUT2D eigenvalue weighted by atomic mass is 32.2. The smallest absolute Gasteiger partial charge is 0.261 e. The molecule has 0 saturated carbocycles. The number of aryl methyl sites for hydroxylation is 1. The van der Waals surface area contributed by atoms with Crippen LogP contribution in [0.3, 0.4) is 0 Å². The van der Waals surface area contributed by atoms with Gasteiger partial charge < -0.3 is 0 Å². The third-order valence-corrected chi connectivity index (χ3v) is 6.43. The molecule has 0 aliphatic heterocycles. The summed E-state index contributed by atoms with van der Waals surface area (Å²) in [6.45, 7) is 2.14. The van der Waals surface area contributed by atoms with Gasteiger partial charge in [0.2, 0.25) is 5.13 Å². The van der Waals surface area contributed by atoms with Crippen LogP contribution < -0.4 is 10.0 Å². The van der Waals surface area contributed by atoms with Crippen molar-refractivity contribution in [1.29, 1.82) is 0 Å². The van der Waals surface area contributed by atoms with Crippen molar-refractivity contribution in [3.05, 3.63) is 65.2 Å². The minimum absolute atomic E-state index is 0.0760. The van der Waals surface area contributed by atoms with E-state index in [0.29, 0.717) is 16.4 Å². The Morgan fingerprint density at radius 1 is 1.00 bits per heavy atom. The van der Waals surface area contributed by atoms with E-state index < -0.39 is 10.0 Å². The molecule has 0 fully saturated rings. The summed E-state index contributed by atoms with van der Waals surface area (Å²) < 4.78 is 27.4. The largest absolute Gasteiger partial charge is 0.296 e. The van der Waals surface area contributed by atoms with Crippen molar-refractivity contribution in [2.75, 3.05) is 10.0 Å². The van der Waals surface area contributed by atoms with E-state index in [2.05, 4.69) is 27.2 Å². The molecule has 0 atom stereocenters. The molecule has 0 aliphatic carbocycles. The molecule has 1 heterocycles. The Morgan fingerprint density at radius 3 is 2.41 bits per heavy atom. The van der Waals surface area contributed by atoms with Crippen LogP contribution in [-0.2, 0) is 16.4 Å². The van der Waals surface area contributed by atoms with Crippen molar-refractivity contribution in [1.82, 2.24) is 10.2 Å². The van der Waals surface area contributed by atoms with E-state index in [1.807, 2.05) is 0 Å². The van der Waals surface area contributed by atoms with Gasteiger partial charge in [-0.2, -0.15) is 0 Å². The molecule has 0 radical (unpaired) electrons. The van der Waals surface area contributed by atoms with Gasteiger partial charge in [-0.3, -0.25) is 14.8 Å². The van der Waals surface area contributed by atoms with Gasteiger partial charge in [0.25, 0.3) is 15.9 Å². The molecular formula is C20H22N4O3S2. The highest BCUT2D eigenvalue weighted by molar-refractivity contribution is 7.92. The van der Waals surface area contributed by atoms with Gasteiger partial charge in [0.1, 0.15) is 5.01 Å². The number of hydrogen-bond acceptors (Lipinski definition) is 6. The second kappa shape index (κ2) is 9.62. The average molecular weight is 431 g/mol. The second-order valence-electron chi connectivity index (χ2n) is 6.41. The minimum atomic E-state index is -3.72. The molecule has 9 heteroatoms. The third kappa shape index (κ3) is 5.85. The minimum Gasteiger partial charge on any atom is -0.296 e. The van der Waals surface area contributed by atoms with Crippen molar-refractivity contribution >= 4 is 38.1 Å². The topological polar surface area (TPSA) is 101 Å². The van der Waals surface area contributed by atoms with Crippen LogP contribution in [0.15, 0.2) is 59.5 Å². The molecule has 2 aromatic carbocycles. The van der Waals surface area contributed by atoms with Crippen molar-refractivity contribution in [3.63, 3.8) is 0 Å². The number of amides is 1. The summed E-state index contributed by atoms with van der Waals surface area (Å²) in [5, 5.41) is 12.1. The summed E-state index contributed by atoms with van der Waals surface area (Å²) in [5.74, 6) is -0.360. The van der Waals surface area contributed by atoms with Crippen molar-refractivity contribution in [3.8, 4) is 0 Å². The van der Waals surface area contributed by atoms with E-state index in [9.17, 15) is 13.2 Å². The highest BCUT2D eigenvalue weighted by Crippen LogP contribution is 2.20. The van der Waals surface area contributed by atoms with E-state index in [4.69, 9.17) is 0 Å². The maximum Gasteiger partial charge on any atom is 0.261 e. The van der Waals surface area contributed by atoms with Crippen LogP contribution in [0.1, 0.15) is 41.6 Å². The Morgan fingerprint density at radius 2 is 1.72 bits per heavy atom. The lowest BCUT2D eigenvalue weighted by atomic mass is 10.2. The zero-order chi connectivity index (χ0) is 20.7. The van der Waals surface area contributed by atoms with Crippen molar-refractivity contribution < 1.29 is 13.2 Å². The van der Waals surface area contributed by atoms with Gasteiger partial charge in [-0.15, -0.1) is 10.2 Å². The number of nitrogens with zero attached hydrogens (tertiary/aromatic N) is 2. The maximum atomic E-state index is 12.5. The predicted octanol–water partition coefficient (Wildman–Crippen LogP) is 4.32. The fourth-order valence-corrected chi connectivity index (χ4v) is 4.44. The SMILES string of the molecule is CCCCCc1nnc(NC(=O)c2ccc(S(=O)(=O)Nc3ccccc3)cc2)s1. The molecule has 0 bridgehead atoms. The van der Waals surface area contributed by atoms with Gasteiger partial charge in [0.15, 0.2) is 0 Å². The fourth-order valence-electron chi connectivity index (χ4n) is 2.61. The molecule has 29 heavy (non-hydrogen) atoms. The van der Waals surface area contributed by atoms with Crippen LogP contribution in [-0.4, -0.2) is 24.5 Å². The monoisotopic (exact) mass is 430 g/mol. The Hall–Kier alpha value is -2.78. The van der Waals surface area contributed by atoms with Gasteiger partial charge in [0.05, 0.1) is 4.90 Å². The molecule has 0 spiro atoms. The van der Waals surface area contributed by atoms with Gasteiger partial charge >= 0.3 is 0 Å². The molecule has 0 saturated heterocycles. The molecule has 1 amide bonds. The first-order chi connectivity index (χ1) is 14.0. The molecule has 1 aromatic heterocycles. The van der Waals surface area contributed by atoms with E-state index >= 15 is 0 Å². The summed E-state index contributed by atoms with van der Waals surface area (Å²) in [6, 6.07) is 14.4. The highest BCUT2D eigenvalue weighted by Gasteiger charge is 2.16. The maximum absolute atomic E-state index is 12.5. The molecule has 0 aliphatic rings. The molecule has 2 N–H and O–H groups in total. The van der Waals surface area contributed by atoms with Crippen LogP contribution in [0.4, 0.5) is 10.8 Å². The first-order valence-electron chi connectivity index (χ1n) is 9.29. The lowest BCUT2D eigenvalue weighted by Crippen LogP contribution is -2.14. The molecule has 3 rings (SSSR count). The number of unbranched alkanes of at least 4 members (excludes halogenated alkanes) is 2. The predicted molar refractivity (Wildman–Crippen MR) is 115 cm³/mol. The number of hydrogen-bond donors (Lipinski definition) is 2. The number of sulfonamides is 1. The first kappa shape index (κ1) is 20.9. The normalized spacial score (nSPS) is 11.2. The Kier molecular flexibility index (Phi) is 6.95. The summed E-state index contributed by atoms with van der Waals surface area (Å²) >= 11 is 1.35. The summed E-state index contributed by atoms with van der Waals surface area (Å²) in [7, 11) is -3.72.